The van der Waals surface area contributed by atoms with Gasteiger partial charge in [-0.05, 0) is 50.8 Å². The van der Waals surface area contributed by atoms with Gasteiger partial charge in [-0.3, -0.25) is 9.59 Å². The van der Waals surface area contributed by atoms with Crippen LogP contribution < -0.4 is 14.4 Å². The second-order valence-corrected chi connectivity index (χ2v) is 7.69. The highest BCUT2D eigenvalue weighted by atomic mass is 16.5. The Labute approximate surface area is 187 Å². The van der Waals surface area contributed by atoms with Crippen LogP contribution in [0.1, 0.15) is 5.56 Å². The molecule has 0 saturated heterocycles. The predicted molar refractivity (Wildman–Crippen MR) is 124 cm³/mol. The van der Waals surface area contributed by atoms with Crippen molar-refractivity contribution in [3.8, 4) is 22.8 Å². The van der Waals surface area contributed by atoms with E-state index >= 15 is 0 Å². The number of likely N-dealkylation sites (N-methyl/N-ethyl adjacent to an activating group) is 2. The molecule has 2 heterocycles. The lowest BCUT2D eigenvalue weighted by molar-refractivity contribution is -0.123. The van der Waals surface area contributed by atoms with Gasteiger partial charge in [-0.25, -0.2) is 4.98 Å². The molecule has 0 spiro atoms. The molecule has 0 fully saturated rings. The normalized spacial score (nSPS) is 12.7. The lowest BCUT2D eigenvalue weighted by Crippen LogP contribution is -2.35. The molecule has 0 unspecified atom stereocenters. The molecular formula is C24H27N3O5. The van der Waals surface area contributed by atoms with Crippen molar-refractivity contribution in [3.63, 3.8) is 0 Å². The van der Waals surface area contributed by atoms with Crippen LogP contribution in [0.25, 0.3) is 22.2 Å². The van der Waals surface area contributed by atoms with Gasteiger partial charge in [-0.1, -0.05) is 12.1 Å². The minimum atomic E-state index is -0.250. The van der Waals surface area contributed by atoms with Crippen LogP contribution in [0.3, 0.4) is 0 Å². The fourth-order valence-corrected chi connectivity index (χ4v) is 3.40. The molecule has 1 aliphatic heterocycles. The zero-order valence-corrected chi connectivity index (χ0v) is 18.7. The first kappa shape index (κ1) is 23.0. The number of fused-ring (bicyclic) bond motifs is 2. The molecule has 0 bridgehead atoms. The van der Waals surface area contributed by atoms with Crippen LogP contribution in [0.5, 0.6) is 11.5 Å². The summed E-state index contributed by atoms with van der Waals surface area (Å²) < 4.78 is 11.5. The second kappa shape index (κ2) is 10.1. The number of nitrogens with zero attached hydrogens (tertiary/aromatic N) is 3. The lowest BCUT2D eigenvalue weighted by atomic mass is 10.0. The van der Waals surface area contributed by atoms with E-state index in [2.05, 4.69) is 17.9 Å². The summed E-state index contributed by atoms with van der Waals surface area (Å²) in [6.07, 6.45) is 0. The smallest absolute Gasteiger partial charge is 0.290 e. The average Bonchev–Trinajstić information content (AvgIpc) is 2.76. The van der Waals surface area contributed by atoms with Gasteiger partial charge in [0.1, 0.15) is 18.1 Å². The molecule has 8 heteroatoms. The SMILES string of the molecule is Cc1cc(-c2cccc(OCCN(C)C)c2)nc2cc3c(cc12)N(C)C(=O)CO3.O=CO. The molecule has 0 atom stereocenters. The van der Waals surface area contributed by atoms with Crippen LogP contribution in [0, 0.1) is 6.92 Å². The highest BCUT2D eigenvalue weighted by Crippen LogP contribution is 2.37. The van der Waals surface area contributed by atoms with Gasteiger partial charge < -0.3 is 24.4 Å². The number of hydrogen-bond donors (Lipinski definition) is 1. The highest BCUT2D eigenvalue weighted by molar-refractivity contribution is 6.01. The Kier molecular flexibility index (Phi) is 7.27. The summed E-state index contributed by atoms with van der Waals surface area (Å²) in [7, 11) is 5.82. The van der Waals surface area contributed by atoms with Gasteiger partial charge in [0.05, 0.1) is 16.9 Å². The van der Waals surface area contributed by atoms with Crippen molar-refractivity contribution in [2.24, 2.45) is 0 Å². The average molecular weight is 437 g/mol. The number of amides is 1. The van der Waals surface area contributed by atoms with E-state index in [-0.39, 0.29) is 19.0 Å². The molecule has 1 N–H and O–H groups in total. The molecule has 0 saturated carbocycles. The van der Waals surface area contributed by atoms with Crippen LogP contribution in [0.15, 0.2) is 42.5 Å². The molecular weight excluding hydrogens is 410 g/mol. The number of carboxylic acid groups (broad SMARTS) is 1. The molecule has 168 valence electrons. The van der Waals surface area contributed by atoms with Gasteiger partial charge in [0, 0.05) is 30.6 Å². The van der Waals surface area contributed by atoms with Crippen molar-refractivity contribution in [1.29, 1.82) is 0 Å². The first-order chi connectivity index (χ1) is 15.3. The summed E-state index contributed by atoms with van der Waals surface area (Å²) >= 11 is 0. The third kappa shape index (κ3) is 5.15. The third-order valence-corrected chi connectivity index (χ3v) is 5.12. The molecule has 3 aromatic rings. The first-order valence-corrected chi connectivity index (χ1v) is 10.1. The lowest BCUT2D eigenvalue weighted by Gasteiger charge is -2.26. The van der Waals surface area contributed by atoms with Crippen molar-refractivity contribution in [1.82, 2.24) is 9.88 Å². The van der Waals surface area contributed by atoms with E-state index in [9.17, 15) is 4.79 Å². The van der Waals surface area contributed by atoms with E-state index in [1.807, 2.05) is 50.5 Å². The number of aromatic nitrogens is 1. The van der Waals surface area contributed by atoms with Crippen LogP contribution >= 0.6 is 0 Å². The van der Waals surface area contributed by atoms with Crippen molar-refractivity contribution in [3.05, 3.63) is 48.0 Å². The molecule has 0 radical (unpaired) electrons. The van der Waals surface area contributed by atoms with Crippen molar-refractivity contribution < 1.29 is 24.2 Å². The molecule has 32 heavy (non-hydrogen) atoms. The van der Waals surface area contributed by atoms with E-state index in [0.29, 0.717) is 12.4 Å². The highest BCUT2D eigenvalue weighted by Gasteiger charge is 2.23. The zero-order chi connectivity index (χ0) is 23.3. The summed E-state index contributed by atoms with van der Waals surface area (Å²) in [6.45, 7) is 3.36. The summed E-state index contributed by atoms with van der Waals surface area (Å²) in [4.78, 5) is 28.9. The van der Waals surface area contributed by atoms with Gasteiger partial charge in [-0.15, -0.1) is 0 Å². The van der Waals surface area contributed by atoms with Gasteiger partial charge in [0.2, 0.25) is 0 Å². The van der Waals surface area contributed by atoms with Crippen LogP contribution in [0.4, 0.5) is 5.69 Å². The molecule has 8 nitrogen and oxygen atoms in total. The third-order valence-electron chi connectivity index (χ3n) is 5.12. The van der Waals surface area contributed by atoms with Gasteiger partial charge in [0.15, 0.2) is 6.61 Å². The van der Waals surface area contributed by atoms with E-state index in [1.165, 1.54) is 0 Å². The Bertz CT molecular complexity index is 1130. The molecule has 1 aromatic heterocycles. The van der Waals surface area contributed by atoms with Gasteiger partial charge >= 0.3 is 0 Å². The Balaban J connectivity index is 0.000000913. The number of benzene rings is 2. The molecule has 4 rings (SSSR count). The molecule has 2 aromatic carbocycles. The quantitative estimate of drug-likeness (QED) is 0.613. The maximum Gasteiger partial charge on any atom is 0.290 e. The number of carbonyl (C=O) groups excluding carboxylic acids is 1. The Morgan fingerprint density at radius 2 is 2.00 bits per heavy atom. The number of pyridine rings is 1. The van der Waals surface area contributed by atoms with Crippen LogP contribution in [0.2, 0.25) is 0 Å². The van der Waals surface area contributed by atoms with Crippen molar-refractivity contribution >= 4 is 29.0 Å². The molecule has 1 amide bonds. The van der Waals surface area contributed by atoms with Crippen molar-refractivity contribution in [2.75, 3.05) is 45.8 Å². The number of ether oxygens (including phenoxy) is 2. The minimum absolute atomic E-state index is 0.0508. The Hall–Kier alpha value is -3.65. The van der Waals surface area contributed by atoms with Crippen molar-refractivity contribution in [2.45, 2.75) is 6.92 Å². The maximum atomic E-state index is 11.9. The summed E-state index contributed by atoms with van der Waals surface area (Å²) in [5, 5.41) is 7.90. The van der Waals surface area contributed by atoms with E-state index in [0.717, 1.165) is 45.7 Å². The number of hydrogen-bond acceptors (Lipinski definition) is 6. The number of aryl methyl sites for hydroxylation is 1. The fraction of sp³-hybridized carbons (Fsp3) is 0.292. The summed E-state index contributed by atoms with van der Waals surface area (Å²) in [5.41, 5.74) is 4.61. The minimum Gasteiger partial charge on any atom is -0.492 e. The summed E-state index contributed by atoms with van der Waals surface area (Å²) in [6, 6.07) is 14.0. The monoisotopic (exact) mass is 437 g/mol. The maximum absolute atomic E-state index is 11.9. The van der Waals surface area contributed by atoms with Gasteiger partial charge in [-0.2, -0.15) is 0 Å². The number of rotatable bonds is 5. The van der Waals surface area contributed by atoms with Crippen LogP contribution in [-0.4, -0.2) is 68.3 Å². The summed E-state index contributed by atoms with van der Waals surface area (Å²) in [5.74, 6) is 1.47. The number of carbonyl (C=O) groups is 2. The predicted octanol–water partition coefficient (Wildman–Crippen LogP) is 3.21. The van der Waals surface area contributed by atoms with Gasteiger partial charge in [0.25, 0.3) is 12.4 Å². The Morgan fingerprint density at radius 1 is 1.25 bits per heavy atom. The van der Waals surface area contributed by atoms with E-state index in [4.69, 9.17) is 24.4 Å². The topological polar surface area (TPSA) is 92.2 Å². The van der Waals surface area contributed by atoms with Crippen LogP contribution in [-0.2, 0) is 9.59 Å². The largest absolute Gasteiger partial charge is 0.492 e. The molecule has 0 aliphatic carbocycles. The van der Waals surface area contributed by atoms with E-state index in [1.54, 1.807) is 11.9 Å². The number of anilines is 1. The fourth-order valence-electron chi connectivity index (χ4n) is 3.40. The standard InChI is InChI=1S/C23H25N3O3.CH2O2/c1-15-10-19(16-6-5-7-17(11-16)28-9-8-25(2)3)24-20-13-22-21(12-18(15)20)26(4)23(27)14-29-22;2-1-3/h5-7,10-13H,8-9,14H2,1-4H3;1H,(H,2,3). The Morgan fingerprint density at radius 3 is 2.72 bits per heavy atom. The second-order valence-electron chi connectivity index (χ2n) is 7.69. The first-order valence-electron chi connectivity index (χ1n) is 10.1. The molecule has 1 aliphatic rings. The zero-order valence-electron chi connectivity index (χ0n) is 18.7. The van der Waals surface area contributed by atoms with E-state index < -0.39 is 0 Å².